The van der Waals surface area contributed by atoms with Crippen LogP contribution in [0.2, 0.25) is 0 Å². The summed E-state index contributed by atoms with van der Waals surface area (Å²) in [6, 6.07) is 9.52. The molecule has 8 nitrogen and oxygen atoms in total. The number of methoxy groups -OCH3 is 1. The van der Waals surface area contributed by atoms with Crippen LogP contribution in [0.15, 0.2) is 41.3 Å². The number of fused-ring (bicyclic) bond motifs is 1. The van der Waals surface area contributed by atoms with E-state index >= 15 is 0 Å². The standard InChI is InChI=1S/C20H23NO7S2/c1-13-3-5-17(26-2)19(7-13)30(24,25)20-11-29(22,23)10-15(20)21-9-14-4-6-16-18(8-14)28-12-27-16/h3-8,15,20-21H,9-12H2,1-2H3/t15-,20-/m1/s1. The molecule has 0 aromatic heterocycles. The van der Waals surface area contributed by atoms with E-state index in [-0.39, 0.29) is 23.2 Å². The summed E-state index contributed by atoms with van der Waals surface area (Å²) < 4.78 is 67.4. The first-order valence-corrected chi connectivity index (χ1v) is 12.8. The maximum absolute atomic E-state index is 13.4. The summed E-state index contributed by atoms with van der Waals surface area (Å²) in [4.78, 5) is 0.0157. The van der Waals surface area contributed by atoms with Crippen LogP contribution in [0, 0.1) is 6.92 Å². The SMILES string of the molecule is COc1ccc(C)cc1S(=O)(=O)[C@@H]1CS(=O)(=O)C[C@H]1NCc1ccc2c(c1)OCO2. The van der Waals surface area contributed by atoms with Gasteiger partial charge in [-0.15, -0.1) is 0 Å². The lowest BCUT2D eigenvalue weighted by atomic mass is 10.2. The number of aryl methyl sites for hydroxylation is 1. The molecule has 4 rings (SSSR count). The largest absolute Gasteiger partial charge is 0.495 e. The van der Waals surface area contributed by atoms with Gasteiger partial charge in [0.1, 0.15) is 10.6 Å². The fraction of sp³-hybridized carbons (Fsp3) is 0.400. The summed E-state index contributed by atoms with van der Waals surface area (Å²) >= 11 is 0. The zero-order valence-electron chi connectivity index (χ0n) is 16.6. The molecular formula is C20H23NO7S2. The van der Waals surface area contributed by atoms with Crippen LogP contribution in [0.3, 0.4) is 0 Å². The summed E-state index contributed by atoms with van der Waals surface area (Å²) in [5.74, 6) is 0.802. The number of ether oxygens (including phenoxy) is 3. The van der Waals surface area contributed by atoms with Gasteiger partial charge in [-0.05, 0) is 42.3 Å². The summed E-state index contributed by atoms with van der Waals surface area (Å²) in [6.45, 7) is 2.23. The predicted octanol–water partition coefficient (Wildman–Crippen LogP) is 1.46. The molecule has 0 bridgehead atoms. The van der Waals surface area contributed by atoms with E-state index < -0.39 is 36.7 Å². The van der Waals surface area contributed by atoms with Crippen LogP contribution in [-0.4, -0.2) is 53.5 Å². The van der Waals surface area contributed by atoms with Crippen molar-refractivity contribution in [2.45, 2.75) is 29.7 Å². The number of hydrogen-bond donors (Lipinski definition) is 1. The normalized spacial score (nSPS) is 22.2. The smallest absolute Gasteiger partial charge is 0.231 e. The molecule has 0 saturated carbocycles. The molecule has 2 aliphatic rings. The third-order valence-corrected chi connectivity index (χ3v) is 9.50. The van der Waals surface area contributed by atoms with Crippen LogP contribution in [0.5, 0.6) is 17.2 Å². The van der Waals surface area contributed by atoms with E-state index in [0.717, 1.165) is 11.1 Å². The molecule has 0 spiro atoms. The third-order valence-electron chi connectivity index (χ3n) is 5.33. The highest BCUT2D eigenvalue weighted by molar-refractivity contribution is 7.96. The molecule has 1 saturated heterocycles. The Labute approximate surface area is 176 Å². The van der Waals surface area contributed by atoms with Crippen molar-refractivity contribution in [3.8, 4) is 17.2 Å². The van der Waals surface area contributed by atoms with Crippen LogP contribution in [0.1, 0.15) is 11.1 Å². The minimum Gasteiger partial charge on any atom is -0.495 e. The second-order valence-corrected chi connectivity index (χ2v) is 11.8. The average molecular weight is 454 g/mol. The molecule has 0 aliphatic carbocycles. The lowest BCUT2D eigenvalue weighted by Gasteiger charge is -2.21. The molecule has 0 radical (unpaired) electrons. The average Bonchev–Trinajstić information content (AvgIpc) is 3.29. The van der Waals surface area contributed by atoms with Crippen LogP contribution in [0.25, 0.3) is 0 Å². The first kappa shape index (κ1) is 21.0. The van der Waals surface area contributed by atoms with Crippen molar-refractivity contribution in [1.29, 1.82) is 0 Å². The minimum absolute atomic E-state index is 0.0157. The van der Waals surface area contributed by atoms with Crippen molar-refractivity contribution in [1.82, 2.24) is 5.32 Å². The number of hydrogen-bond acceptors (Lipinski definition) is 8. The molecule has 0 unspecified atom stereocenters. The zero-order chi connectivity index (χ0) is 21.5. The Kier molecular flexibility index (Phi) is 5.41. The van der Waals surface area contributed by atoms with Gasteiger partial charge in [0.2, 0.25) is 6.79 Å². The molecule has 2 heterocycles. The van der Waals surface area contributed by atoms with E-state index in [0.29, 0.717) is 18.0 Å². The molecule has 30 heavy (non-hydrogen) atoms. The van der Waals surface area contributed by atoms with Crippen molar-refractivity contribution < 1.29 is 31.0 Å². The van der Waals surface area contributed by atoms with Crippen LogP contribution in [-0.2, 0) is 26.2 Å². The molecule has 2 aliphatic heterocycles. The van der Waals surface area contributed by atoms with Gasteiger partial charge in [-0.3, -0.25) is 0 Å². The summed E-state index contributed by atoms with van der Waals surface area (Å²) in [5, 5.41) is 2.02. The second-order valence-electron chi connectivity index (χ2n) is 7.49. The second kappa shape index (κ2) is 7.75. The van der Waals surface area contributed by atoms with Crippen molar-refractivity contribution in [2.24, 2.45) is 0 Å². The Morgan fingerprint density at radius 2 is 1.87 bits per heavy atom. The third kappa shape index (κ3) is 3.99. The van der Waals surface area contributed by atoms with Gasteiger partial charge in [-0.1, -0.05) is 12.1 Å². The molecule has 1 fully saturated rings. The number of rotatable bonds is 6. The van der Waals surface area contributed by atoms with Gasteiger partial charge >= 0.3 is 0 Å². The van der Waals surface area contributed by atoms with Gasteiger partial charge in [0, 0.05) is 12.6 Å². The molecule has 1 N–H and O–H groups in total. The van der Waals surface area contributed by atoms with E-state index in [2.05, 4.69) is 5.32 Å². The van der Waals surface area contributed by atoms with Gasteiger partial charge < -0.3 is 19.5 Å². The Bertz CT molecular complexity index is 1180. The van der Waals surface area contributed by atoms with Crippen molar-refractivity contribution >= 4 is 19.7 Å². The molecule has 2 aromatic carbocycles. The summed E-state index contributed by atoms with van der Waals surface area (Å²) in [5.41, 5.74) is 1.59. The minimum atomic E-state index is -3.95. The molecule has 10 heteroatoms. The van der Waals surface area contributed by atoms with Crippen LogP contribution < -0.4 is 19.5 Å². The van der Waals surface area contributed by atoms with Gasteiger partial charge in [-0.2, -0.15) is 0 Å². The van der Waals surface area contributed by atoms with E-state index in [4.69, 9.17) is 14.2 Å². The fourth-order valence-electron chi connectivity index (χ4n) is 3.78. The van der Waals surface area contributed by atoms with Gasteiger partial charge in [0.25, 0.3) is 0 Å². The van der Waals surface area contributed by atoms with E-state index in [1.165, 1.54) is 13.2 Å². The van der Waals surface area contributed by atoms with E-state index in [9.17, 15) is 16.8 Å². The first-order valence-electron chi connectivity index (χ1n) is 9.40. The monoisotopic (exact) mass is 453 g/mol. The Morgan fingerprint density at radius 3 is 2.63 bits per heavy atom. The lowest BCUT2D eigenvalue weighted by molar-refractivity contribution is 0.174. The van der Waals surface area contributed by atoms with Crippen molar-refractivity contribution in [2.75, 3.05) is 25.4 Å². The summed E-state index contributed by atoms with van der Waals surface area (Å²) in [6.07, 6.45) is 0. The maximum atomic E-state index is 13.4. The topological polar surface area (TPSA) is 108 Å². The fourth-order valence-corrected chi connectivity index (χ4v) is 8.74. The molecule has 2 aromatic rings. The predicted molar refractivity (Wildman–Crippen MR) is 111 cm³/mol. The van der Waals surface area contributed by atoms with Gasteiger partial charge in [-0.25, -0.2) is 16.8 Å². The Morgan fingerprint density at radius 1 is 1.10 bits per heavy atom. The molecule has 2 atom stereocenters. The lowest BCUT2D eigenvalue weighted by Crippen LogP contribution is -2.43. The van der Waals surface area contributed by atoms with Crippen LogP contribution >= 0.6 is 0 Å². The zero-order valence-corrected chi connectivity index (χ0v) is 18.3. The Hall–Kier alpha value is -2.30. The first-order chi connectivity index (χ1) is 14.2. The highest BCUT2D eigenvalue weighted by Gasteiger charge is 2.46. The molecular weight excluding hydrogens is 430 g/mol. The number of nitrogens with one attached hydrogen (secondary N) is 1. The molecule has 0 amide bonds. The van der Waals surface area contributed by atoms with Crippen LogP contribution in [0.4, 0.5) is 0 Å². The number of sulfone groups is 2. The highest BCUT2D eigenvalue weighted by Crippen LogP contribution is 2.34. The Balaban J connectivity index is 1.60. The maximum Gasteiger partial charge on any atom is 0.231 e. The van der Waals surface area contributed by atoms with Crippen molar-refractivity contribution in [3.05, 3.63) is 47.5 Å². The number of benzene rings is 2. The molecule has 162 valence electrons. The highest BCUT2D eigenvalue weighted by atomic mass is 32.2. The van der Waals surface area contributed by atoms with Gasteiger partial charge in [0.05, 0.1) is 23.9 Å². The van der Waals surface area contributed by atoms with E-state index in [1.807, 2.05) is 6.07 Å². The quantitative estimate of drug-likeness (QED) is 0.701. The van der Waals surface area contributed by atoms with Crippen molar-refractivity contribution in [3.63, 3.8) is 0 Å². The summed E-state index contributed by atoms with van der Waals surface area (Å²) in [7, 11) is -6.06. The van der Waals surface area contributed by atoms with E-state index in [1.54, 1.807) is 31.2 Å². The van der Waals surface area contributed by atoms with Gasteiger partial charge in [0.15, 0.2) is 31.2 Å².